The van der Waals surface area contributed by atoms with Gasteiger partial charge in [0.1, 0.15) is 12.4 Å². The Morgan fingerprint density at radius 2 is 1.83 bits per heavy atom. The average molecular weight is 335 g/mol. The van der Waals surface area contributed by atoms with Gasteiger partial charge in [-0.15, -0.1) is 0 Å². The monoisotopic (exact) mass is 335 g/mol. The van der Waals surface area contributed by atoms with Gasteiger partial charge in [-0.3, -0.25) is 14.6 Å². The Labute approximate surface area is 144 Å². The summed E-state index contributed by atoms with van der Waals surface area (Å²) in [6, 6.07) is 9.94. The third-order valence-corrected chi connectivity index (χ3v) is 4.08. The Bertz CT molecular complexity index is 476. The fourth-order valence-electron chi connectivity index (χ4n) is 2.80. The van der Waals surface area contributed by atoms with Gasteiger partial charge < -0.3 is 14.8 Å². The van der Waals surface area contributed by atoms with Gasteiger partial charge in [0.05, 0.1) is 13.2 Å². The minimum absolute atomic E-state index is 0.0546. The lowest BCUT2D eigenvalue weighted by atomic mass is 10.3. The number of benzene rings is 1. The molecule has 1 saturated heterocycles. The molecule has 1 atom stereocenters. The lowest BCUT2D eigenvalue weighted by molar-refractivity contribution is -0.123. The van der Waals surface area contributed by atoms with Crippen molar-refractivity contribution in [3.63, 3.8) is 0 Å². The fraction of sp³-hybridized carbons (Fsp3) is 0.611. The molecule has 1 fully saturated rings. The van der Waals surface area contributed by atoms with E-state index in [2.05, 4.69) is 15.1 Å². The predicted octanol–water partition coefficient (Wildman–Crippen LogP) is 0.834. The Balaban J connectivity index is 1.58. The summed E-state index contributed by atoms with van der Waals surface area (Å²) in [5.41, 5.74) is 0. The molecule has 2 rings (SSSR count). The first-order chi connectivity index (χ1) is 11.7. The maximum absolute atomic E-state index is 12.0. The molecule has 1 aromatic carbocycles. The first-order valence-corrected chi connectivity index (χ1v) is 8.58. The molecule has 6 heteroatoms. The standard InChI is InChI=1S/C18H29N3O3/c1-16(15-23-2)19-18(22)14-21-10-8-20(9-11-21)12-13-24-17-6-4-3-5-7-17/h3-7,16H,8-15H2,1-2H3,(H,19,22). The molecule has 6 nitrogen and oxygen atoms in total. The molecule has 0 aromatic heterocycles. The normalized spacial score (nSPS) is 17.4. The fourth-order valence-corrected chi connectivity index (χ4v) is 2.80. The van der Waals surface area contributed by atoms with E-state index in [9.17, 15) is 4.79 Å². The zero-order valence-corrected chi connectivity index (χ0v) is 14.7. The van der Waals surface area contributed by atoms with Crippen LogP contribution in [-0.2, 0) is 9.53 Å². The Morgan fingerprint density at radius 3 is 2.50 bits per heavy atom. The number of para-hydroxylation sites is 1. The SMILES string of the molecule is COCC(C)NC(=O)CN1CCN(CCOc2ccccc2)CC1. The minimum atomic E-state index is 0.0546. The lowest BCUT2D eigenvalue weighted by Gasteiger charge is -2.34. The molecule has 1 aliphatic heterocycles. The lowest BCUT2D eigenvalue weighted by Crippen LogP contribution is -2.51. The quantitative estimate of drug-likeness (QED) is 0.725. The molecule has 24 heavy (non-hydrogen) atoms. The van der Waals surface area contributed by atoms with Crippen LogP contribution in [0.25, 0.3) is 0 Å². The van der Waals surface area contributed by atoms with Crippen LogP contribution in [0.5, 0.6) is 5.75 Å². The van der Waals surface area contributed by atoms with Crippen LogP contribution in [0.1, 0.15) is 6.92 Å². The van der Waals surface area contributed by atoms with Crippen molar-refractivity contribution in [2.45, 2.75) is 13.0 Å². The summed E-state index contributed by atoms with van der Waals surface area (Å²) in [5.74, 6) is 0.985. The summed E-state index contributed by atoms with van der Waals surface area (Å²) in [5, 5.41) is 2.95. The molecule has 1 aromatic rings. The molecule has 0 saturated carbocycles. The predicted molar refractivity (Wildman–Crippen MR) is 94.3 cm³/mol. The summed E-state index contributed by atoms with van der Waals surface area (Å²) >= 11 is 0. The van der Waals surface area contributed by atoms with Crippen molar-refractivity contribution < 1.29 is 14.3 Å². The van der Waals surface area contributed by atoms with E-state index in [4.69, 9.17) is 9.47 Å². The molecule has 1 unspecified atom stereocenters. The molecule has 1 amide bonds. The van der Waals surface area contributed by atoms with E-state index in [1.54, 1.807) is 7.11 Å². The van der Waals surface area contributed by atoms with Crippen molar-refractivity contribution >= 4 is 5.91 Å². The van der Waals surface area contributed by atoms with Crippen LogP contribution >= 0.6 is 0 Å². The van der Waals surface area contributed by atoms with E-state index in [0.717, 1.165) is 38.5 Å². The van der Waals surface area contributed by atoms with Crippen LogP contribution in [-0.4, -0.2) is 81.3 Å². The Morgan fingerprint density at radius 1 is 1.17 bits per heavy atom. The highest BCUT2D eigenvalue weighted by molar-refractivity contribution is 5.78. The number of ether oxygens (including phenoxy) is 2. The van der Waals surface area contributed by atoms with Crippen LogP contribution in [0.4, 0.5) is 0 Å². The molecule has 1 heterocycles. The van der Waals surface area contributed by atoms with Crippen molar-refractivity contribution in [3.8, 4) is 5.75 Å². The van der Waals surface area contributed by atoms with Gasteiger partial charge >= 0.3 is 0 Å². The number of methoxy groups -OCH3 is 1. The number of nitrogens with one attached hydrogen (secondary N) is 1. The number of piperazine rings is 1. The van der Waals surface area contributed by atoms with Crippen molar-refractivity contribution in [1.82, 2.24) is 15.1 Å². The Hall–Kier alpha value is -1.63. The van der Waals surface area contributed by atoms with Crippen LogP contribution in [0.3, 0.4) is 0 Å². The number of carbonyl (C=O) groups is 1. The molecular weight excluding hydrogens is 306 g/mol. The zero-order chi connectivity index (χ0) is 17.2. The summed E-state index contributed by atoms with van der Waals surface area (Å²) in [6.07, 6.45) is 0. The van der Waals surface area contributed by atoms with Crippen molar-refractivity contribution in [1.29, 1.82) is 0 Å². The highest BCUT2D eigenvalue weighted by Crippen LogP contribution is 2.08. The molecule has 134 valence electrons. The summed E-state index contributed by atoms with van der Waals surface area (Å²) in [4.78, 5) is 16.5. The van der Waals surface area contributed by atoms with Crippen LogP contribution in [0.2, 0.25) is 0 Å². The zero-order valence-electron chi connectivity index (χ0n) is 14.7. The molecule has 1 aliphatic rings. The van der Waals surface area contributed by atoms with Crippen LogP contribution < -0.4 is 10.1 Å². The number of amides is 1. The third kappa shape index (κ3) is 6.86. The van der Waals surface area contributed by atoms with Crippen LogP contribution in [0.15, 0.2) is 30.3 Å². The van der Waals surface area contributed by atoms with Crippen LogP contribution in [0, 0.1) is 0 Å². The highest BCUT2D eigenvalue weighted by Gasteiger charge is 2.19. The van der Waals surface area contributed by atoms with E-state index in [1.165, 1.54) is 0 Å². The topological polar surface area (TPSA) is 54.0 Å². The second-order valence-electron chi connectivity index (χ2n) is 6.20. The molecule has 0 bridgehead atoms. The van der Waals surface area contributed by atoms with Crippen molar-refractivity contribution in [2.75, 3.05) is 59.6 Å². The molecule has 1 N–H and O–H groups in total. The van der Waals surface area contributed by atoms with Crippen molar-refractivity contribution in [2.24, 2.45) is 0 Å². The van der Waals surface area contributed by atoms with Gasteiger partial charge in [0.2, 0.25) is 5.91 Å². The van der Waals surface area contributed by atoms with Gasteiger partial charge in [0.15, 0.2) is 0 Å². The Kier molecular flexibility index (Phi) is 8.01. The molecule has 0 aliphatic carbocycles. The number of nitrogens with zero attached hydrogens (tertiary/aromatic N) is 2. The van der Waals surface area contributed by atoms with Gasteiger partial charge in [-0.2, -0.15) is 0 Å². The summed E-state index contributed by atoms with van der Waals surface area (Å²) < 4.78 is 10.8. The highest BCUT2D eigenvalue weighted by atomic mass is 16.5. The number of hydrogen-bond acceptors (Lipinski definition) is 5. The molecule has 0 radical (unpaired) electrons. The second kappa shape index (κ2) is 10.3. The maximum atomic E-state index is 12.0. The van der Waals surface area contributed by atoms with E-state index >= 15 is 0 Å². The molecular formula is C18H29N3O3. The number of hydrogen-bond donors (Lipinski definition) is 1. The van der Waals surface area contributed by atoms with Gasteiger partial charge in [0, 0.05) is 45.9 Å². The largest absolute Gasteiger partial charge is 0.492 e. The van der Waals surface area contributed by atoms with E-state index in [0.29, 0.717) is 19.8 Å². The van der Waals surface area contributed by atoms with E-state index < -0.39 is 0 Å². The van der Waals surface area contributed by atoms with Crippen molar-refractivity contribution in [3.05, 3.63) is 30.3 Å². The number of carbonyl (C=O) groups excluding carboxylic acids is 1. The first kappa shape index (κ1) is 18.7. The van der Waals surface area contributed by atoms with Gasteiger partial charge in [-0.05, 0) is 19.1 Å². The maximum Gasteiger partial charge on any atom is 0.234 e. The van der Waals surface area contributed by atoms with Gasteiger partial charge in [-0.1, -0.05) is 18.2 Å². The summed E-state index contributed by atoms with van der Waals surface area (Å²) in [7, 11) is 1.64. The van der Waals surface area contributed by atoms with E-state index in [-0.39, 0.29) is 11.9 Å². The smallest absolute Gasteiger partial charge is 0.234 e. The molecule has 0 spiro atoms. The van der Waals surface area contributed by atoms with Gasteiger partial charge in [0.25, 0.3) is 0 Å². The summed E-state index contributed by atoms with van der Waals surface area (Å²) in [6.45, 7) is 8.33. The average Bonchev–Trinajstić information content (AvgIpc) is 2.57. The second-order valence-corrected chi connectivity index (χ2v) is 6.20. The van der Waals surface area contributed by atoms with E-state index in [1.807, 2.05) is 37.3 Å². The van der Waals surface area contributed by atoms with Gasteiger partial charge in [-0.25, -0.2) is 0 Å². The first-order valence-electron chi connectivity index (χ1n) is 8.58. The minimum Gasteiger partial charge on any atom is -0.492 e. The number of rotatable bonds is 9. The third-order valence-electron chi connectivity index (χ3n) is 4.08.